The maximum Gasteiger partial charge on any atom is 0.428 e. The Morgan fingerprint density at radius 2 is 1.81 bits per heavy atom. The van der Waals surface area contributed by atoms with Gasteiger partial charge in [-0.05, 0) is 35.0 Å². The summed E-state index contributed by atoms with van der Waals surface area (Å²) in [5.41, 5.74) is -0.244. The highest BCUT2D eigenvalue weighted by atomic mass is 35.5. The molecule has 160 valence electrons. The molecule has 0 aromatic heterocycles. The molecule has 1 aliphatic rings. The molecule has 1 N–H and O–H groups in total. The Labute approximate surface area is 179 Å². The van der Waals surface area contributed by atoms with Crippen LogP contribution in [0.3, 0.4) is 0 Å². The first-order valence-electron chi connectivity index (χ1n) is 8.97. The van der Waals surface area contributed by atoms with Gasteiger partial charge in [0.15, 0.2) is 0 Å². The van der Waals surface area contributed by atoms with Crippen molar-refractivity contribution in [1.29, 1.82) is 0 Å². The first-order chi connectivity index (χ1) is 14.7. The van der Waals surface area contributed by atoms with Gasteiger partial charge in [0.25, 0.3) is 0 Å². The third kappa shape index (κ3) is 3.41. The maximum absolute atomic E-state index is 14.1. The van der Waals surface area contributed by atoms with E-state index >= 15 is 0 Å². The van der Waals surface area contributed by atoms with Gasteiger partial charge in [0, 0.05) is 11.1 Å². The summed E-state index contributed by atoms with van der Waals surface area (Å²) in [5.74, 6) is -1.42. The minimum atomic E-state index is -4.88. The molecule has 1 atom stereocenters. The van der Waals surface area contributed by atoms with Gasteiger partial charge in [-0.1, -0.05) is 48.0 Å². The number of carbonyl (C=O) groups excluding carboxylic acids is 1. The molecule has 1 heterocycles. The van der Waals surface area contributed by atoms with Crippen molar-refractivity contribution in [1.82, 2.24) is 5.48 Å². The van der Waals surface area contributed by atoms with Crippen LogP contribution in [0.15, 0.2) is 60.7 Å². The molecule has 0 spiro atoms. The lowest BCUT2D eigenvalue weighted by Crippen LogP contribution is -2.42. The van der Waals surface area contributed by atoms with Crippen LogP contribution in [0.1, 0.15) is 21.5 Å². The van der Waals surface area contributed by atoms with Crippen molar-refractivity contribution in [2.45, 2.75) is 11.8 Å². The van der Waals surface area contributed by atoms with Crippen LogP contribution in [0.4, 0.5) is 17.6 Å². The molecule has 31 heavy (non-hydrogen) atoms. The standard InChI is InChI=1S/C22H14ClF4NO3/c1-30-20(29)16-8-7-15(13-4-2-3-5-14(13)16)19-11-21(31-28-19,22(25,26)27)12-6-9-18(24)17(23)10-12/h2-11,28H,1H3. The Morgan fingerprint density at radius 1 is 1.10 bits per heavy atom. The van der Waals surface area contributed by atoms with Crippen LogP contribution in [0.5, 0.6) is 0 Å². The number of fused-ring (bicyclic) bond motifs is 1. The molecule has 1 unspecified atom stereocenters. The third-order valence-corrected chi connectivity index (χ3v) is 5.35. The molecule has 4 nitrogen and oxygen atoms in total. The number of esters is 1. The van der Waals surface area contributed by atoms with E-state index in [0.717, 1.165) is 24.3 Å². The molecular weight excluding hydrogens is 438 g/mol. The minimum absolute atomic E-state index is 0.0328. The zero-order valence-electron chi connectivity index (χ0n) is 15.9. The second kappa shape index (κ2) is 7.55. The zero-order chi connectivity index (χ0) is 22.4. The van der Waals surface area contributed by atoms with E-state index in [-0.39, 0.29) is 16.8 Å². The van der Waals surface area contributed by atoms with Crippen LogP contribution >= 0.6 is 11.6 Å². The molecule has 0 amide bonds. The van der Waals surface area contributed by atoms with Crippen molar-refractivity contribution < 1.29 is 31.9 Å². The maximum atomic E-state index is 14.1. The third-order valence-electron chi connectivity index (χ3n) is 5.06. The van der Waals surface area contributed by atoms with Gasteiger partial charge < -0.3 is 4.74 Å². The first kappa shape index (κ1) is 21.1. The summed E-state index contributed by atoms with van der Waals surface area (Å²) < 4.78 is 60.7. The van der Waals surface area contributed by atoms with E-state index < -0.39 is 28.6 Å². The molecule has 0 fully saturated rings. The van der Waals surface area contributed by atoms with E-state index in [0.29, 0.717) is 16.3 Å². The van der Waals surface area contributed by atoms with Crippen molar-refractivity contribution >= 4 is 34.0 Å². The van der Waals surface area contributed by atoms with E-state index in [1.165, 1.54) is 19.2 Å². The Hall–Kier alpha value is -3.10. The molecular formula is C22H14ClF4NO3. The number of hydrogen-bond donors (Lipinski definition) is 1. The quantitative estimate of drug-likeness (QED) is 0.407. The monoisotopic (exact) mass is 451 g/mol. The fraction of sp³-hybridized carbons (Fsp3) is 0.136. The van der Waals surface area contributed by atoms with Gasteiger partial charge in [0.2, 0.25) is 5.60 Å². The number of nitrogens with one attached hydrogen (secondary N) is 1. The smallest absolute Gasteiger partial charge is 0.428 e. The molecule has 9 heteroatoms. The number of benzene rings is 3. The van der Waals surface area contributed by atoms with E-state index in [9.17, 15) is 22.4 Å². The van der Waals surface area contributed by atoms with Gasteiger partial charge in [-0.25, -0.2) is 9.18 Å². The van der Waals surface area contributed by atoms with Crippen molar-refractivity contribution in [3.63, 3.8) is 0 Å². The van der Waals surface area contributed by atoms with Crippen LogP contribution in [0.2, 0.25) is 5.02 Å². The Morgan fingerprint density at radius 3 is 2.45 bits per heavy atom. The van der Waals surface area contributed by atoms with Gasteiger partial charge in [0.05, 0.1) is 23.4 Å². The number of alkyl halides is 3. The highest BCUT2D eigenvalue weighted by Crippen LogP contribution is 2.48. The highest BCUT2D eigenvalue weighted by Gasteiger charge is 2.59. The van der Waals surface area contributed by atoms with Gasteiger partial charge >= 0.3 is 12.1 Å². The molecule has 0 bridgehead atoms. The fourth-order valence-electron chi connectivity index (χ4n) is 3.53. The number of halogens is 5. The van der Waals surface area contributed by atoms with Crippen LogP contribution in [-0.4, -0.2) is 19.3 Å². The second-order valence-corrected chi connectivity index (χ2v) is 7.23. The van der Waals surface area contributed by atoms with Crippen LogP contribution in [0, 0.1) is 5.82 Å². The normalized spacial score (nSPS) is 18.6. The van der Waals surface area contributed by atoms with E-state index in [1.807, 2.05) is 0 Å². The molecule has 0 radical (unpaired) electrons. The number of hydrogen-bond acceptors (Lipinski definition) is 4. The molecule has 3 aromatic rings. The van der Waals surface area contributed by atoms with Gasteiger partial charge in [-0.15, -0.1) is 0 Å². The molecule has 1 aliphatic heterocycles. The summed E-state index contributed by atoms with van der Waals surface area (Å²) in [6, 6.07) is 12.4. The Kier molecular flexibility index (Phi) is 5.15. The van der Waals surface area contributed by atoms with E-state index in [2.05, 4.69) is 5.48 Å². The average Bonchev–Trinajstić information content (AvgIpc) is 3.21. The molecule has 4 rings (SSSR count). The lowest BCUT2D eigenvalue weighted by molar-refractivity contribution is -0.269. The Bertz CT molecular complexity index is 1230. The van der Waals surface area contributed by atoms with Crippen LogP contribution in [0.25, 0.3) is 16.5 Å². The summed E-state index contributed by atoms with van der Waals surface area (Å²) in [5, 5.41) is 0.561. The number of hydroxylamine groups is 1. The molecule has 0 saturated carbocycles. The summed E-state index contributed by atoms with van der Waals surface area (Å²) >= 11 is 5.71. The fourth-order valence-corrected chi connectivity index (χ4v) is 3.71. The van der Waals surface area contributed by atoms with E-state index in [1.54, 1.807) is 24.3 Å². The van der Waals surface area contributed by atoms with Gasteiger partial charge in [-0.2, -0.15) is 13.2 Å². The van der Waals surface area contributed by atoms with Gasteiger partial charge in [0.1, 0.15) is 5.82 Å². The molecule has 0 saturated heterocycles. The van der Waals surface area contributed by atoms with Crippen LogP contribution in [-0.2, 0) is 15.2 Å². The number of methoxy groups -OCH3 is 1. The largest absolute Gasteiger partial charge is 0.465 e. The average molecular weight is 452 g/mol. The highest BCUT2D eigenvalue weighted by molar-refractivity contribution is 6.30. The van der Waals surface area contributed by atoms with Gasteiger partial charge in [-0.3, -0.25) is 10.3 Å². The van der Waals surface area contributed by atoms with Crippen molar-refractivity contribution in [2.75, 3.05) is 7.11 Å². The molecule has 0 aliphatic carbocycles. The number of carbonyl (C=O) groups is 1. The lowest BCUT2D eigenvalue weighted by atomic mass is 9.90. The van der Waals surface area contributed by atoms with Crippen molar-refractivity contribution in [2.24, 2.45) is 0 Å². The lowest BCUT2D eigenvalue weighted by Gasteiger charge is -2.28. The number of rotatable bonds is 3. The minimum Gasteiger partial charge on any atom is -0.465 e. The zero-order valence-corrected chi connectivity index (χ0v) is 16.6. The van der Waals surface area contributed by atoms with Crippen LogP contribution < -0.4 is 5.48 Å². The predicted octanol–water partition coefficient (Wildman–Crippen LogP) is 5.75. The predicted molar refractivity (Wildman–Crippen MR) is 107 cm³/mol. The Balaban J connectivity index is 1.91. The summed E-state index contributed by atoms with van der Waals surface area (Å²) in [4.78, 5) is 17.1. The van der Waals surface area contributed by atoms with E-state index in [4.69, 9.17) is 21.2 Å². The summed E-state index contributed by atoms with van der Waals surface area (Å²) in [6.07, 6.45) is -4.01. The second-order valence-electron chi connectivity index (χ2n) is 6.82. The van der Waals surface area contributed by atoms with Crippen molar-refractivity contribution in [3.8, 4) is 0 Å². The SMILES string of the molecule is COC(=O)c1ccc(C2=CC(c3ccc(F)c(Cl)c3)(C(F)(F)F)ON2)c2ccccc12. The topological polar surface area (TPSA) is 47.6 Å². The van der Waals surface area contributed by atoms with Crippen molar-refractivity contribution in [3.05, 3.63) is 88.2 Å². The first-order valence-corrected chi connectivity index (χ1v) is 9.35. The summed E-state index contributed by atoms with van der Waals surface area (Å²) in [6.45, 7) is 0. The number of ether oxygens (including phenoxy) is 1. The molecule has 3 aromatic carbocycles. The summed E-state index contributed by atoms with van der Waals surface area (Å²) in [7, 11) is 1.24.